The maximum absolute atomic E-state index is 10.5. The first kappa shape index (κ1) is 38.9. The maximum Gasteiger partial charge on any atom is 0.302 e. The number of carbonyl (C=O) groups is 1. The number of unbranched alkanes of at least 4 members (excludes halogenated alkanes) is 15. The fourth-order valence-corrected chi connectivity index (χ4v) is 4.98. The van der Waals surface area contributed by atoms with Crippen LogP contribution >= 0.6 is 0 Å². The predicted molar refractivity (Wildman–Crippen MR) is 176 cm³/mol. The topological polar surface area (TPSA) is 38.8 Å². The van der Waals surface area contributed by atoms with Crippen LogP contribution < -0.4 is 0 Å². The molecule has 1 aliphatic rings. The highest BCUT2D eigenvalue weighted by Crippen LogP contribution is 2.32. The Morgan fingerprint density at radius 3 is 1.68 bits per heavy atom. The Balaban J connectivity index is 0.000000760. The summed E-state index contributed by atoms with van der Waals surface area (Å²) in [5.41, 5.74) is 0. The standard InChI is InChI=1S/C19H38O.C18H32O2/c1-4-5-6-7-8-9-10-11-15-18-19(20-18)16-13-12-14-17(2)3;1-3-4-5-6-7-8-9-10-11-12-13-14-15-16-17-20-18(2)19/h17-19H,4-16H2,1-3H3;6-7,10-11H,3-5,8-9,12-17H2,1-2H3/t18-,19+;/m0./s1. The van der Waals surface area contributed by atoms with Crippen molar-refractivity contribution >= 4 is 5.97 Å². The second-order valence-corrected chi connectivity index (χ2v) is 12.4. The third-order valence-electron chi connectivity index (χ3n) is 7.68. The molecule has 1 saturated heterocycles. The Morgan fingerprint density at radius 1 is 0.625 bits per heavy atom. The van der Waals surface area contributed by atoms with Gasteiger partial charge in [-0.3, -0.25) is 4.79 Å². The van der Waals surface area contributed by atoms with Crippen LogP contribution in [-0.2, 0) is 14.3 Å². The van der Waals surface area contributed by atoms with E-state index in [0.29, 0.717) is 18.8 Å². The lowest BCUT2D eigenvalue weighted by Crippen LogP contribution is -1.99. The number of esters is 1. The van der Waals surface area contributed by atoms with Gasteiger partial charge in [0.05, 0.1) is 18.8 Å². The molecule has 0 aliphatic carbocycles. The second kappa shape index (κ2) is 30.9. The van der Waals surface area contributed by atoms with Crippen molar-refractivity contribution in [3.8, 4) is 0 Å². The fraction of sp³-hybridized carbons (Fsp3) is 0.865. The van der Waals surface area contributed by atoms with E-state index in [1.54, 1.807) is 0 Å². The molecule has 1 heterocycles. The number of allylic oxidation sites excluding steroid dienone is 4. The molecule has 0 amide bonds. The first-order chi connectivity index (χ1) is 19.5. The van der Waals surface area contributed by atoms with Gasteiger partial charge in [-0.15, -0.1) is 0 Å². The predicted octanol–water partition coefficient (Wildman–Crippen LogP) is 12.1. The Kier molecular flexibility index (Phi) is 30.0. The molecule has 236 valence electrons. The van der Waals surface area contributed by atoms with Crippen LogP contribution in [0.25, 0.3) is 0 Å². The summed E-state index contributed by atoms with van der Waals surface area (Å²) in [6.45, 7) is 11.2. The van der Waals surface area contributed by atoms with Gasteiger partial charge in [0.1, 0.15) is 0 Å². The lowest BCUT2D eigenvalue weighted by atomic mass is 10.0. The first-order valence-electron chi connectivity index (χ1n) is 17.6. The number of hydrogen-bond acceptors (Lipinski definition) is 3. The minimum Gasteiger partial charge on any atom is -0.466 e. The van der Waals surface area contributed by atoms with Crippen LogP contribution in [0.5, 0.6) is 0 Å². The van der Waals surface area contributed by atoms with Crippen molar-refractivity contribution in [1.82, 2.24) is 0 Å². The summed E-state index contributed by atoms with van der Waals surface area (Å²) in [6.07, 6.45) is 40.6. The molecular weight excluding hydrogens is 492 g/mol. The third kappa shape index (κ3) is 31.4. The van der Waals surface area contributed by atoms with Crippen LogP contribution in [0.2, 0.25) is 0 Å². The number of ether oxygens (including phenoxy) is 2. The van der Waals surface area contributed by atoms with Gasteiger partial charge in [0.2, 0.25) is 0 Å². The summed E-state index contributed by atoms with van der Waals surface area (Å²) in [5, 5.41) is 0. The van der Waals surface area contributed by atoms with Crippen molar-refractivity contribution in [3.05, 3.63) is 24.3 Å². The molecule has 0 unspecified atom stereocenters. The molecule has 3 nitrogen and oxygen atoms in total. The summed E-state index contributed by atoms with van der Waals surface area (Å²) in [7, 11) is 0. The normalized spacial score (nSPS) is 16.6. The van der Waals surface area contributed by atoms with E-state index in [-0.39, 0.29) is 5.97 Å². The van der Waals surface area contributed by atoms with Crippen molar-refractivity contribution in [1.29, 1.82) is 0 Å². The Hall–Kier alpha value is -1.09. The molecule has 0 N–H and O–H groups in total. The quantitative estimate of drug-likeness (QED) is 0.0432. The molecule has 0 aromatic carbocycles. The highest BCUT2D eigenvalue weighted by molar-refractivity contribution is 5.65. The molecule has 0 spiro atoms. The van der Waals surface area contributed by atoms with Gasteiger partial charge in [0.15, 0.2) is 0 Å². The monoisotopic (exact) mass is 563 g/mol. The van der Waals surface area contributed by atoms with Gasteiger partial charge >= 0.3 is 5.97 Å². The molecule has 3 heteroatoms. The van der Waals surface area contributed by atoms with Gasteiger partial charge in [0.25, 0.3) is 0 Å². The van der Waals surface area contributed by atoms with Crippen molar-refractivity contribution in [2.24, 2.45) is 5.92 Å². The Morgan fingerprint density at radius 2 is 1.10 bits per heavy atom. The average Bonchev–Trinajstić information content (AvgIpc) is 3.68. The summed E-state index contributed by atoms with van der Waals surface area (Å²) >= 11 is 0. The Labute approximate surface area is 251 Å². The lowest BCUT2D eigenvalue weighted by Gasteiger charge is -2.02. The molecule has 0 radical (unpaired) electrons. The summed E-state index contributed by atoms with van der Waals surface area (Å²) in [5.74, 6) is 0.694. The number of rotatable bonds is 27. The molecule has 1 aliphatic heterocycles. The summed E-state index contributed by atoms with van der Waals surface area (Å²) in [6, 6.07) is 0. The SMILES string of the molecule is CCCCC=CCCC=CCCCCCCOC(C)=O.CCCCCCCCCC[C@@H]1O[C@@H]1CCCCC(C)C. The van der Waals surface area contributed by atoms with Gasteiger partial charge in [-0.1, -0.05) is 148 Å². The minimum absolute atomic E-state index is 0.170. The van der Waals surface area contributed by atoms with Crippen LogP contribution in [0.3, 0.4) is 0 Å². The minimum atomic E-state index is -0.170. The van der Waals surface area contributed by atoms with Crippen molar-refractivity contribution in [2.45, 2.75) is 195 Å². The van der Waals surface area contributed by atoms with Crippen LogP contribution in [-0.4, -0.2) is 24.8 Å². The maximum atomic E-state index is 10.5. The summed E-state index contributed by atoms with van der Waals surface area (Å²) in [4.78, 5) is 10.5. The van der Waals surface area contributed by atoms with E-state index in [1.807, 2.05) is 0 Å². The van der Waals surface area contributed by atoms with Crippen molar-refractivity contribution < 1.29 is 14.3 Å². The molecule has 1 fully saturated rings. The largest absolute Gasteiger partial charge is 0.466 e. The van der Waals surface area contributed by atoms with E-state index < -0.39 is 0 Å². The van der Waals surface area contributed by atoms with Crippen molar-refractivity contribution in [3.63, 3.8) is 0 Å². The first-order valence-corrected chi connectivity index (χ1v) is 17.6. The van der Waals surface area contributed by atoms with E-state index in [1.165, 1.54) is 135 Å². The number of epoxide rings is 1. The zero-order valence-corrected chi connectivity index (χ0v) is 27.7. The lowest BCUT2D eigenvalue weighted by molar-refractivity contribution is -0.141. The molecule has 0 aromatic rings. The van der Waals surface area contributed by atoms with E-state index in [4.69, 9.17) is 9.47 Å². The van der Waals surface area contributed by atoms with Crippen LogP contribution in [0.15, 0.2) is 24.3 Å². The van der Waals surface area contributed by atoms with Crippen LogP contribution in [0.1, 0.15) is 182 Å². The Bertz CT molecular complexity index is 580. The zero-order chi connectivity index (χ0) is 29.5. The van der Waals surface area contributed by atoms with Crippen molar-refractivity contribution in [2.75, 3.05) is 6.61 Å². The molecule has 40 heavy (non-hydrogen) atoms. The molecular formula is C37H70O3. The molecule has 0 bridgehead atoms. The second-order valence-electron chi connectivity index (χ2n) is 12.4. The van der Waals surface area contributed by atoms with Gasteiger partial charge in [-0.2, -0.15) is 0 Å². The highest BCUT2D eigenvalue weighted by Gasteiger charge is 2.36. The fourth-order valence-electron chi connectivity index (χ4n) is 4.98. The molecule has 0 saturated carbocycles. The van der Waals surface area contributed by atoms with E-state index >= 15 is 0 Å². The van der Waals surface area contributed by atoms with E-state index in [2.05, 4.69) is 52.0 Å². The van der Waals surface area contributed by atoms with Gasteiger partial charge in [-0.25, -0.2) is 0 Å². The number of carbonyl (C=O) groups excluding carboxylic acids is 1. The van der Waals surface area contributed by atoms with E-state index in [9.17, 15) is 4.79 Å². The van der Waals surface area contributed by atoms with Gasteiger partial charge < -0.3 is 9.47 Å². The smallest absolute Gasteiger partial charge is 0.302 e. The van der Waals surface area contributed by atoms with Gasteiger partial charge in [-0.05, 0) is 57.3 Å². The average molecular weight is 563 g/mol. The molecule has 1 rings (SSSR count). The van der Waals surface area contributed by atoms with Gasteiger partial charge in [0, 0.05) is 6.92 Å². The van der Waals surface area contributed by atoms with Crippen LogP contribution in [0.4, 0.5) is 0 Å². The number of hydrogen-bond donors (Lipinski definition) is 0. The highest BCUT2D eigenvalue weighted by atomic mass is 16.6. The molecule has 0 aromatic heterocycles. The van der Waals surface area contributed by atoms with E-state index in [0.717, 1.165) is 25.2 Å². The zero-order valence-electron chi connectivity index (χ0n) is 27.7. The summed E-state index contributed by atoms with van der Waals surface area (Å²) < 4.78 is 10.7. The molecule has 2 atom stereocenters. The van der Waals surface area contributed by atoms with Crippen LogP contribution in [0, 0.1) is 5.92 Å². The third-order valence-corrected chi connectivity index (χ3v) is 7.68.